The highest BCUT2D eigenvalue weighted by Crippen LogP contribution is 2.10. The molecule has 2 rings (SSSR count). The topological polar surface area (TPSA) is 38.7 Å². The standard InChI is InChI=1S/C18H14FNO2/c1-13(20-22-14(2)21)18-6-4-3-5-16(18)10-7-15-8-11-17(19)12-9-15/h3-6,8-9,11-12H,1-2H3/b20-13+. The molecule has 0 spiro atoms. The third-order valence-corrected chi connectivity index (χ3v) is 2.81. The predicted octanol–water partition coefficient (Wildman–Crippen LogP) is 3.51. The van der Waals surface area contributed by atoms with Crippen molar-refractivity contribution in [2.75, 3.05) is 0 Å². The fraction of sp³-hybridized carbons (Fsp3) is 0.111. The lowest BCUT2D eigenvalue weighted by atomic mass is 10.0. The molecule has 0 saturated carbocycles. The lowest BCUT2D eigenvalue weighted by Gasteiger charge is -2.03. The van der Waals surface area contributed by atoms with Crippen molar-refractivity contribution in [2.24, 2.45) is 5.16 Å². The van der Waals surface area contributed by atoms with Gasteiger partial charge in [-0.3, -0.25) is 0 Å². The molecule has 0 fully saturated rings. The number of oxime groups is 1. The second-order valence-electron chi connectivity index (χ2n) is 4.56. The van der Waals surface area contributed by atoms with Crippen LogP contribution in [0.5, 0.6) is 0 Å². The fourth-order valence-electron chi connectivity index (χ4n) is 1.76. The molecule has 0 saturated heterocycles. The lowest BCUT2D eigenvalue weighted by Crippen LogP contribution is -2.01. The molecular formula is C18H14FNO2. The van der Waals surface area contributed by atoms with Crippen molar-refractivity contribution >= 4 is 11.7 Å². The molecule has 3 nitrogen and oxygen atoms in total. The molecule has 0 aliphatic rings. The van der Waals surface area contributed by atoms with Crippen LogP contribution < -0.4 is 0 Å². The zero-order valence-corrected chi connectivity index (χ0v) is 12.3. The van der Waals surface area contributed by atoms with Crippen molar-refractivity contribution in [3.63, 3.8) is 0 Å². The van der Waals surface area contributed by atoms with Crippen molar-refractivity contribution in [1.29, 1.82) is 0 Å². The van der Waals surface area contributed by atoms with Crippen LogP contribution in [0.15, 0.2) is 53.7 Å². The van der Waals surface area contributed by atoms with E-state index in [-0.39, 0.29) is 5.82 Å². The maximum atomic E-state index is 12.9. The molecule has 0 bridgehead atoms. The van der Waals surface area contributed by atoms with E-state index in [4.69, 9.17) is 0 Å². The number of hydrogen-bond acceptors (Lipinski definition) is 3. The predicted molar refractivity (Wildman–Crippen MR) is 82.8 cm³/mol. The number of benzene rings is 2. The van der Waals surface area contributed by atoms with Gasteiger partial charge in [-0.05, 0) is 37.3 Å². The molecule has 0 aromatic heterocycles. The van der Waals surface area contributed by atoms with E-state index in [9.17, 15) is 9.18 Å². The van der Waals surface area contributed by atoms with Crippen LogP contribution in [0.3, 0.4) is 0 Å². The van der Waals surface area contributed by atoms with Crippen molar-refractivity contribution in [2.45, 2.75) is 13.8 Å². The minimum atomic E-state index is -0.478. The van der Waals surface area contributed by atoms with Crippen molar-refractivity contribution in [3.05, 3.63) is 71.0 Å². The fourth-order valence-corrected chi connectivity index (χ4v) is 1.76. The van der Waals surface area contributed by atoms with Gasteiger partial charge in [-0.2, -0.15) is 0 Å². The van der Waals surface area contributed by atoms with Gasteiger partial charge >= 0.3 is 5.97 Å². The minimum absolute atomic E-state index is 0.296. The monoisotopic (exact) mass is 295 g/mol. The van der Waals surface area contributed by atoms with Gasteiger partial charge in [0.2, 0.25) is 0 Å². The maximum Gasteiger partial charge on any atom is 0.331 e. The Labute approximate surface area is 128 Å². The maximum absolute atomic E-state index is 12.9. The van der Waals surface area contributed by atoms with Crippen molar-refractivity contribution in [3.8, 4) is 11.8 Å². The first-order valence-electron chi connectivity index (χ1n) is 6.65. The summed E-state index contributed by atoms with van der Waals surface area (Å²) in [6.45, 7) is 3.03. The number of halogens is 1. The summed E-state index contributed by atoms with van der Waals surface area (Å²) in [5, 5.41) is 3.77. The molecule has 2 aromatic carbocycles. The van der Waals surface area contributed by atoms with Gasteiger partial charge in [0.15, 0.2) is 0 Å². The Morgan fingerprint density at radius 2 is 1.73 bits per heavy atom. The third-order valence-electron chi connectivity index (χ3n) is 2.81. The number of rotatable bonds is 2. The number of hydrogen-bond donors (Lipinski definition) is 0. The molecule has 0 heterocycles. The van der Waals surface area contributed by atoms with Crippen LogP contribution in [0, 0.1) is 17.7 Å². The Hall–Kier alpha value is -2.93. The summed E-state index contributed by atoms with van der Waals surface area (Å²) in [5.74, 6) is 5.22. The van der Waals surface area contributed by atoms with Crippen LogP contribution in [0.4, 0.5) is 4.39 Å². The van der Waals surface area contributed by atoms with E-state index >= 15 is 0 Å². The SMILES string of the molecule is CC(=O)O/N=C(\C)c1ccccc1C#Cc1ccc(F)cc1. The number of carbonyl (C=O) groups excluding carboxylic acids is 1. The summed E-state index contributed by atoms with van der Waals surface area (Å²) in [5.41, 5.74) is 2.79. The normalized spacial score (nSPS) is 10.6. The first-order chi connectivity index (χ1) is 10.6. The molecule has 0 aliphatic carbocycles. The van der Waals surface area contributed by atoms with E-state index in [1.807, 2.05) is 24.3 Å². The van der Waals surface area contributed by atoms with E-state index in [0.717, 1.165) is 11.1 Å². The summed E-state index contributed by atoms with van der Waals surface area (Å²) in [4.78, 5) is 15.5. The summed E-state index contributed by atoms with van der Waals surface area (Å²) in [6.07, 6.45) is 0. The van der Waals surface area contributed by atoms with Gasteiger partial charge in [-0.15, -0.1) is 0 Å². The number of nitrogens with zero attached hydrogens (tertiary/aromatic N) is 1. The van der Waals surface area contributed by atoms with Crippen molar-refractivity contribution in [1.82, 2.24) is 0 Å². The van der Waals surface area contributed by atoms with Gasteiger partial charge in [0.05, 0.1) is 5.71 Å². The summed E-state index contributed by atoms with van der Waals surface area (Å²) in [7, 11) is 0. The van der Waals surface area contributed by atoms with Gasteiger partial charge in [0.25, 0.3) is 0 Å². The molecule has 0 atom stereocenters. The molecule has 4 heteroatoms. The van der Waals surface area contributed by atoms with Gasteiger partial charge < -0.3 is 4.84 Å². The summed E-state index contributed by atoms with van der Waals surface area (Å²) in [6, 6.07) is 13.4. The zero-order chi connectivity index (χ0) is 15.9. The molecule has 2 aromatic rings. The Morgan fingerprint density at radius 3 is 2.41 bits per heavy atom. The van der Waals surface area contributed by atoms with Crippen LogP contribution in [0.1, 0.15) is 30.5 Å². The molecule has 0 aliphatic heterocycles. The molecule has 0 N–H and O–H groups in total. The van der Waals surface area contributed by atoms with Crippen molar-refractivity contribution < 1.29 is 14.0 Å². The van der Waals surface area contributed by atoms with E-state index in [1.54, 1.807) is 19.1 Å². The van der Waals surface area contributed by atoms with Crippen LogP contribution in [-0.4, -0.2) is 11.7 Å². The van der Waals surface area contributed by atoms with Crippen LogP contribution in [0.2, 0.25) is 0 Å². The average molecular weight is 295 g/mol. The van der Waals surface area contributed by atoms with Crippen LogP contribution >= 0.6 is 0 Å². The highest BCUT2D eigenvalue weighted by molar-refractivity contribution is 6.00. The Kier molecular flexibility index (Phi) is 5.05. The van der Waals surface area contributed by atoms with E-state index in [0.29, 0.717) is 11.3 Å². The molecule has 0 radical (unpaired) electrons. The second-order valence-corrected chi connectivity index (χ2v) is 4.56. The lowest BCUT2D eigenvalue weighted by molar-refractivity contribution is -0.140. The molecule has 22 heavy (non-hydrogen) atoms. The van der Waals surface area contributed by atoms with E-state index in [2.05, 4.69) is 21.8 Å². The van der Waals surface area contributed by atoms with Gasteiger partial charge in [-0.25, -0.2) is 9.18 Å². The summed E-state index contributed by atoms with van der Waals surface area (Å²) < 4.78 is 12.9. The first-order valence-corrected chi connectivity index (χ1v) is 6.65. The first kappa shape index (κ1) is 15.5. The Bertz CT molecular complexity index is 768. The Balaban J connectivity index is 2.31. The van der Waals surface area contributed by atoms with Crippen LogP contribution in [0.25, 0.3) is 0 Å². The van der Waals surface area contributed by atoms with E-state index < -0.39 is 5.97 Å². The second kappa shape index (κ2) is 7.19. The molecular weight excluding hydrogens is 281 g/mol. The highest BCUT2D eigenvalue weighted by atomic mass is 19.1. The quantitative estimate of drug-likeness (QED) is 0.368. The molecule has 0 amide bonds. The summed E-state index contributed by atoms with van der Waals surface area (Å²) >= 11 is 0. The zero-order valence-electron chi connectivity index (χ0n) is 12.3. The van der Waals surface area contributed by atoms with Crippen LogP contribution in [-0.2, 0) is 9.63 Å². The van der Waals surface area contributed by atoms with E-state index in [1.165, 1.54) is 19.1 Å². The largest absolute Gasteiger partial charge is 0.331 e. The third kappa shape index (κ3) is 4.29. The average Bonchev–Trinajstić information content (AvgIpc) is 2.52. The highest BCUT2D eigenvalue weighted by Gasteiger charge is 2.04. The van der Waals surface area contributed by atoms with Gasteiger partial charge in [0, 0.05) is 23.6 Å². The Morgan fingerprint density at radius 1 is 1.05 bits per heavy atom. The van der Waals surface area contributed by atoms with Gasteiger partial charge in [-0.1, -0.05) is 35.2 Å². The van der Waals surface area contributed by atoms with Gasteiger partial charge in [0.1, 0.15) is 5.82 Å². The smallest absolute Gasteiger partial charge is 0.318 e. The number of carbonyl (C=O) groups is 1. The molecule has 0 unspecified atom stereocenters. The minimum Gasteiger partial charge on any atom is -0.318 e. The molecule has 110 valence electrons.